The first-order valence-corrected chi connectivity index (χ1v) is 6.73. The predicted molar refractivity (Wildman–Crippen MR) is 76.2 cm³/mol. The number of nitro benzene ring substituents is 1. The number of carbonyl (C=O) groups excluding carboxylic acids is 1. The van der Waals surface area contributed by atoms with Crippen LogP contribution in [0.1, 0.15) is 5.56 Å². The standard InChI is InChI=1S/C13H8FN3O4S/c14-9-1-2-10(17(19)20)11(5-9)21-7-12(18)16-13-8(6-15)3-4-22-13/h1-5H,7H2,(H,16,18). The Bertz CT molecular complexity index is 769. The van der Waals surface area contributed by atoms with Crippen LogP contribution in [0, 0.1) is 27.3 Å². The van der Waals surface area contributed by atoms with Crippen molar-refractivity contribution in [2.75, 3.05) is 11.9 Å². The number of halogens is 1. The third-order valence-electron chi connectivity index (χ3n) is 2.52. The van der Waals surface area contributed by atoms with Crippen molar-refractivity contribution >= 4 is 27.9 Å². The third kappa shape index (κ3) is 3.56. The molecule has 1 N–H and O–H groups in total. The van der Waals surface area contributed by atoms with Gasteiger partial charge in [-0.3, -0.25) is 14.9 Å². The third-order valence-corrected chi connectivity index (χ3v) is 3.35. The number of carbonyl (C=O) groups is 1. The van der Waals surface area contributed by atoms with Crippen molar-refractivity contribution in [2.45, 2.75) is 0 Å². The second kappa shape index (κ2) is 6.64. The van der Waals surface area contributed by atoms with E-state index in [0.717, 1.165) is 29.5 Å². The number of ether oxygens (including phenoxy) is 1. The number of amides is 1. The molecule has 0 aliphatic heterocycles. The summed E-state index contributed by atoms with van der Waals surface area (Å²) < 4.78 is 18.1. The zero-order valence-corrected chi connectivity index (χ0v) is 11.7. The minimum Gasteiger partial charge on any atom is -0.477 e. The summed E-state index contributed by atoms with van der Waals surface area (Å²) >= 11 is 1.16. The fourth-order valence-electron chi connectivity index (χ4n) is 1.55. The molecular weight excluding hydrogens is 313 g/mol. The smallest absolute Gasteiger partial charge is 0.311 e. The van der Waals surface area contributed by atoms with E-state index in [9.17, 15) is 19.3 Å². The van der Waals surface area contributed by atoms with Crippen molar-refractivity contribution in [3.8, 4) is 11.8 Å². The van der Waals surface area contributed by atoms with E-state index in [4.69, 9.17) is 10.00 Å². The molecule has 0 saturated carbocycles. The van der Waals surface area contributed by atoms with E-state index in [1.165, 1.54) is 0 Å². The summed E-state index contributed by atoms with van der Waals surface area (Å²) in [7, 11) is 0. The quantitative estimate of drug-likeness (QED) is 0.673. The van der Waals surface area contributed by atoms with Gasteiger partial charge in [-0.1, -0.05) is 0 Å². The molecule has 0 aliphatic carbocycles. The lowest BCUT2D eigenvalue weighted by Crippen LogP contribution is -2.20. The molecule has 1 aromatic heterocycles. The molecule has 0 fully saturated rings. The Labute approximate surface area is 127 Å². The van der Waals surface area contributed by atoms with Crippen LogP contribution >= 0.6 is 11.3 Å². The van der Waals surface area contributed by atoms with Gasteiger partial charge in [0.1, 0.15) is 16.9 Å². The van der Waals surface area contributed by atoms with Gasteiger partial charge < -0.3 is 10.1 Å². The molecule has 2 aromatic rings. The number of nitro groups is 1. The maximum absolute atomic E-state index is 13.1. The van der Waals surface area contributed by atoms with Crippen LogP contribution in [-0.4, -0.2) is 17.4 Å². The molecule has 0 spiro atoms. The van der Waals surface area contributed by atoms with E-state index in [0.29, 0.717) is 10.6 Å². The van der Waals surface area contributed by atoms with E-state index in [1.54, 1.807) is 11.4 Å². The molecule has 22 heavy (non-hydrogen) atoms. The average molecular weight is 321 g/mol. The van der Waals surface area contributed by atoms with Gasteiger partial charge in [-0.05, 0) is 17.5 Å². The summed E-state index contributed by atoms with van der Waals surface area (Å²) in [4.78, 5) is 21.8. The van der Waals surface area contributed by atoms with E-state index < -0.39 is 28.9 Å². The molecule has 0 unspecified atom stereocenters. The van der Waals surface area contributed by atoms with Crippen LogP contribution in [-0.2, 0) is 4.79 Å². The van der Waals surface area contributed by atoms with Crippen molar-refractivity contribution in [3.63, 3.8) is 0 Å². The molecule has 112 valence electrons. The van der Waals surface area contributed by atoms with Gasteiger partial charge in [-0.25, -0.2) is 4.39 Å². The van der Waals surface area contributed by atoms with Crippen LogP contribution in [0.25, 0.3) is 0 Å². The summed E-state index contributed by atoms with van der Waals surface area (Å²) in [6.07, 6.45) is 0. The second-order valence-electron chi connectivity index (χ2n) is 3.98. The maximum Gasteiger partial charge on any atom is 0.311 e. The lowest BCUT2D eigenvalue weighted by molar-refractivity contribution is -0.385. The number of nitrogens with one attached hydrogen (secondary N) is 1. The number of rotatable bonds is 5. The maximum atomic E-state index is 13.1. The van der Waals surface area contributed by atoms with Gasteiger partial charge >= 0.3 is 5.69 Å². The lowest BCUT2D eigenvalue weighted by atomic mass is 10.3. The Kier molecular flexibility index (Phi) is 4.65. The summed E-state index contributed by atoms with van der Waals surface area (Å²) in [6.45, 7) is -0.549. The first-order valence-electron chi connectivity index (χ1n) is 5.85. The average Bonchev–Trinajstić information content (AvgIpc) is 2.92. The zero-order valence-electron chi connectivity index (χ0n) is 10.9. The van der Waals surface area contributed by atoms with Crippen LogP contribution in [0.5, 0.6) is 5.75 Å². The van der Waals surface area contributed by atoms with Crippen molar-refractivity contribution in [1.29, 1.82) is 5.26 Å². The Morgan fingerprint density at radius 3 is 2.95 bits per heavy atom. The van der Waals surface area contributed by atoms with Gasteiger partial charge in [0.25, 0.3) is 5.91 Å². The number of benzene rings is 1. The number of hydrogen-bond acceptors (Lipinski definition) is 6. The van der Waals surface area contributed by atoms with Crippen molar-refractivity contribution in [1.82, 2.24) is 0 Å². The highest BCUT2D eigenvalue weighted by Gasteiger charge is 2.17. The number of anilines is 1. The minimum absolute atomic E-state index is 0.301. The first kappa shape index (κ1) is 15.4. The summed E-state index contributed by atoms with van der Waals surface area (Å²) in [5.74, 6) is -1.67. The number of nitrogens with zero attached hydrogens (tertiary/aromatic N) is 2. The zero-order chi connectivity index (χ0) is 16.1. The van der Waals surface area contributed by atoms with Gasteiger partial charge in [0.2, 0.25) is 5.75 Å². The fourth-order valence-corrected chi connectivity index (χ4v) is 2.31. The van der Waals surface area contributed by atoms with Crippen LogP contribution in [0.4, 0.5) is 15.1 Å². The van der Waals surface area contributed by atoms with E-state index >= 15 is 0 Å². The highest BCUT2D eigenvalue weighted by atomic mass is 32.1. The second-order valence-corrected chi connectivity index (χ2v) is 4.90. The fraction of sp³-hybridized carbons (Fsp3) is 0.0769. The van der Waals surface area contributed by atoms with Crippen molar-refractivity contribution in [2.24, 2.45) is 0 Å². The van der Waals surface area contributed by atoms with E-state index in [1.807, 2.05) is 6.07 Å². The Balaban J connectivity index is 2.04. The molecule has 0 aliphatic rings. The normalized spacial score (nSPS) is 9.82. The lowest BCUT2D eigenvalue weighted by Gasteiger charge is -2.07. The summed E-state index contributed by atoms with van der Waals surface area (Å²) in [5, 5.41) is 24.0. The Morgan fingerprint density at radius 1 is 1.50 bits per heavy atom. The minimum atomic E-state index is -0.736. The van der Waals surface area contributed by atoms with Crippen LogP contribution in [0.3, 0.4) is 0 Å². The molecule has 7 nitrogen and oxygen atoms in total. The molecule has 1 aromatic carbocycles. The van der Waals surface area contributed by atoms with Gasteiger partial charge in [0.15, 0.2) is 6.61 Å². The van der Waals surface area contributed by atoms with E-state index in [-0.39, 0.29) is 5.75 Å². The molecular formula is C13H8FN3O4S. The van der Waals surface area contributed by atoms with Crippen molar-refractivity contribution in [3.05, 3.63) is 51.1 Å². The van der Waals surface area contributed by atoms with Crippen LogP contribution < -0.4 is 10.1 Å². The summed E-state index contributed by atoms with van der Waals surface area (Å²) in [5.41, 5.74) is -0.141. The molecule has 0 radical (unpaired) electrons. The predicted octanol–water partition coefficient (Wildman–Crippen LogP) is 2.68. The van der Waals surface area contributed by atoms with Gasteiger partial charge in [-0.15, -0.1) is 11.3 Å². The van der Waals surface area contributed by atoms with Crippen LogP contribution in [0.2, 0.25) is 0 Å². The Hall–Kier alpha value is -2.99. The molecule has 0 saturated heterocycles. The molecule has 1 heterocycles. The molecule has 9 heteroatoms. The Morgan fingerprint density at radius 2 is 2.27 bits per heavy atom. The van der Waals surface area contributed by atoms with Gasteiger partial charge in [0, 0.05) is 12.1 Å². The van der Waals surface area contributed by atoms with E-state index in [2.05, 4.69) is 5.32 Å². The molecule has 0 bridgehead atoms. The van der Waals surface area contributed by atoms with Gasteiger partial charge in [0.05, 0.1) is 10.5 Å². The highest BCUT2D eigenvalue weighted by molar-refractivity contribution is 7.14. The number of nitriles is 1. The summed E-state index contributed by atoms with van der Waals surface area (Å²) in [6, 6.07) is 6.15. The van der Waals surface area contributed by atoms with Crippen LogP contribution in [0.15, 0.2) is 29.6 Å². The molecule has 1 amide bonds. The highest BCUT2D eigenvalue weighted by Crippen LogP contribution is 2.27. The number of thiophene rings is 1. The van der Waals surface area contributed by atoms with Crippen molar-refractivity contribution < 1.29 is 18.8 Å². The molecule has 2 rings (SSSR count). The first-order chi connectivity index (χ1) is 10.5. The topological polar surface area (TPSA) is 105 Å². The molecule has 0 atom stereocenters. The van der Waals surface area contributed by atoms with Gasteiger partial charge in [-0.2, -0.15) is 5.26 Å². The SMILES string of the molecule is N#Cc1ccsc1NC(=O)COc1cc(F)ccc1[N+](=O)[O-]. The largest absolute Gasteiger partial charge is 0.477 e. The monoisotopic (exact) mass is 321 g/mol. The number of hydrogen-bond donors (Lipinski definition) is 1.